The average molecular weight is 425 g/mol. The van der Waals surface area contributed by atoms with Gasteiger partial charge >= 0.3 is 0 Å². The molecule has 2 aromatic rings. The van der Waals surface area contributed by atoms with E-state index in [1.807, 2.05) is 12.1 Å². The second-order valence-electron chi connectivity index (χ2n) is 7.21. The summed E-state index contributed by atoms with van der Waals surface area (Å²) in [5.74, 6) is -1.22. The molecule has 2 aliphatic rings. The summed E-state index contributed by atoms with van der Waals surface area (Å²) in [6.07, 6.45) is 7.60. The molecular weight excluding hydrogens is 405 g/mol. The van der Waals surface area contributed by atoms with Crippen LogP contribution in [0.4, 0.5) is 9.18 Å². The number of rotatable bonds is 4. The first-order chi connectivity index (χ1) is 14.5. The standard InChI is InChI=1S/C22H20FN3O3S/c23-17-7-3-5-15(11-17)12-19-21(28)26(22(29)30-19)14-20(27)25-10-2-1-8-18(25)16-6-4-9-24-13-16/h3-7,9,11-13,18H,1-2,8,10,14H2/b19-12-/t18-/m1/s1. The van der Waals surface area contributed by atoms with Gasteiger partial charge in [0.15, 0.2) is 0 Å². The second kappa shape index (κ2) is 8.79. The summed E-state index contributed by atoms with van der Waals surface area (Å²) in [4.78, 5) is 45.2. The SMILES string of the molecule is O=C1S/C(=C\c2cccc(F)c2)C(=O)N1CC(=O)N1CCCC[C@@H]1c1cccnc1. The van der Waals surface area contributed by atoms with Crippen LogP contribution >= 0.6 is 11.8 Å². The van der Waals surface area contributed by atoms with Crippen LogP contribution in [-0.2, 0) is 9.59 Å². The number of imide groups is 1. The lowest BCUT2D eigenvalue weighted by atomic mass is 9.96. The van der Waals surface area contributed by atoms with E-state index in [0.29, 0.717) is 12.1 Å². The molecule has 0 saturated carbocycles. The van der Waals surface area contributed by atoms with Crippen LogP contribution < -0.4 is 0 Å². The number of likely N-dealkylation sites (tertiary alicyclic amines) is 1. The maximum Gasteiger partial charge on any atom is 0.294 e. The lowest BCUT2D eigenvalue weighted by molar-refractivity contribution is -0.138. The number of piperidine rings is 1. The van der Waals surface area contributed by atoms with Gasteiger partial charge in [0.25, 0.3) is 11.1 Å². The van der Waals surface area contributed by atoms with Crippen LogP contribution in [0, 0.1) is 5.82 Å². The van der Waals surface area contributed by atoms with Crippen LogP contribution in [0.1, 0.15) is 36.4 Å². The van der Waals surface area contributed by atoms with Gasteiger partial charge in [-0.25, -0.2) is 4.39 Å². The van der Waals surface area contributed by atoms with Crippen LogP contribution in [0.15, 0.2) is 53.7 Å². The zero-order valence-corrected chi connectivity index (χ0v) is 17.0. The Morgan fingerprint density at radius 1 is 1.23 bits per heavy atom. The number of hydrogen-bond acceptors (Lipinski definition) is 5. The first-order valence-electron chi connectivity index (χ1n) is 9.73. The number of pyridine rings is 1. The third-order valence-electron chi connectivity index (χ3n) is 5.21. The van der Waals surface area contributed by atoms with E-state index in [1.165, 1.54) is 24.3 Å². The fraction of sp³-hybridized carbons (Fsp3) is 0.273. The summed E-state index contributed by atoms with van der Waals surface area (Å²) >= 11 is 0.764. The number of carbonyl (C=O) groups excluding carboxylic acids is 3. The molecule has 8 heteroatoms. The molecule has 0 N–H and O–H groups in total. The molecule has 6 nitrogen and oxygen atoms in total. The molecule has 1 atom stereocenters. The van der Waals surface area contributed by atoms with Crippen LogP contribution in [0.5, 0.6) is 0 Å². The maximum atomic E-state index is 13.4. The highest BCUT2D eigenvalue weighted by atomic mass is 32.2. The molecule has 30 heavy (non-hydrogen) atoms. The Morgan fingerprint density at radius 3 is 2.87 bits per heavy atom. The third-order valence-corrected chi connectivity index (χ3v) is 6.11. The van der Waals surface area contributed by atoms with Gasteiger partial charge in [-0.15, -0.1) is 0 Å². The molecule has 1 aromatic heterocycles. The Morgan fingerprint density at radius 2 is 2.10 bits per heavy atom. The van der Waals surface area contributed by atoms with E-state index in [1.54, 1.807) is 23.4 Å². The molecule has 2 aliphatic heterocycles. The van der Waals surface area contributed by atoms with Crippen molar-refractivity contribution in [2.45, 2.75) is 25.3 Å². The lowest BCUT2D eigenvalue weighted by Crippen LogP contribution is -2.45. The molecule has 0 unspecified atom stereocenters. The van der Waals surface area contributed by atoms with Gasteiger partial charge in [0.05, 0.1) is 10.9 Å². The topological polar surface area (TPSA) is 70.6 Å². The molecule has 4 rings (SSSR count). The lowest BCUT2D eigenvalue weighted by Gasteiger charge is -2.36. The Hall–Kier alpha value is -3.00. The summed E-state index contributed by atoms with van der Waals surface area (Å²) < 4.78 is 13.4. The van der Waals surface area contributed by atoms with Gasteiger partial charge in [0, 0.05) is 18.9 Å². The van der Waals surface area contributed by atoms with Gasteiger partial charge in [-0.2, -0.15) is 0 Å². The summed E-state index contributed by atoms with van der Waals surface area (Å²) in [6.45, 7) is 0.273. The summed E-state index contributed by atoms with van der Waals surface area (Å²) in [5.41, 5.74) is 1.44. The summed E-state index contributed by atoms with van der Waals surface area (Å²) in [6, 6.07) is 9.43. The number of carbonyl (C=O) groups is 3. The van der Waals surface area contributed by atoms with Crippen molar-refractivity contribution in [1.29, 1.82) is 0 Å². The predicted molar refractivity (Wildman–Crippen MR) is 112 cm³/mol. The predicted octanol–water partition coefficient (Wildman–Crippen LogP) is 4.01. The molecule has 154 valence electrons. The molecule has 0 bridgehead atoms. The zero-order valence-electron chi connectivity index (χ0n) is 16.2. The van der Waals surface area contributed by atoms with E-state index < -0.39 is 17.0 Å². The van der Waals surface area contributed by atoms with Gasteiger partial charge in [-0.1, -0.05) is 18.2 Å². The molecule has 0 radical (unpaired) electrons. The van der Waals surface area contributed by atoms with Gasteiger partial charge in [0.1, 0.15) is 12.4 Å². The van der Waals surface area contributed by atoms with Gasteiger partial charge in [-0.05, 0) is 66.4 Å². The first-order valence-corrected chi connectivity index (χ1v) is 10.5. The van der Waals surface area contributed by atoms with Crippen molar-refractivity contribution in [3.8, 4) is 0 Å². The van der Waals surface area contributed by atoms with E-state index in [-0.39, 0.29) is 23.4 Å². The molecule has 2 fully saturated rings. The van der Waals surface area contributed by atoms with Crippen molar-refractivity contribution >= 4 is 34.9 Å². The van der Waals surface area contributed by atoms with E-state index in [4.69, 9.17) is 0 Å². The Balaban J connectivity index is 1.49. The number of benzene rings is 1. The van der Waals surface area contributed by atoms with Gasteiger partial charge < -0.3 is 4.90 Å². The van der Waals surface area contributed by atoms with Crippen LogP contribution in [0.25, 0.3) is 6.08 Å². The monoisotopic (exact) mass is 425 g/mol. The van der Waals surface area contributed by atoms with E-state index >= 15 is 0 Å². The quantitative estimate of drug-likeness (QED) is 0.693. The van der Waals surface area contributed by atoms with Crippen molar-refractivity contribution in [2.24, 2.45) is 0 Å². The van der Waals surface area contributed by atoms with E-state index in [9.17, 15) is 18.8 Å². The number of aromatic nitrogens is 1. The minimum atomic E-state index is -0.530. The second-order valence-corrected chi connectivity index (χ2v) is 8.20. The van der Waals surface area contributed by atoms with Crippen molar-refractivity contribution < 1.29 is 18.8 Å². The Labute approximate surface area is 177 Å². The molecule has 1 aromatic carbocycles. The number of amides is 3. The summed E-state index contributed by atoms with van der Waals surface area (Å²) in [5, 5.41) is -0.494. The van der Waals surface area contributed by atoms with E-state index in [2.05, 4.69) is 4.98 Å². The Kier molecular flexibility index (Phi) is 5.94. The highest BCUT2D eigenvalue weighted by molar-refractivity contribution is 8.18. The molecular formula is C22H20FN3O3S. The molecule has 2 saturated heterocycles. The van der Waals surface area contributed by atoms with Crippen LogP contribution in [0.2, 0.25) is 0 Å². The number of nitrogens with zero attached hydrogens (tertiary/aromatic N) is 3. The largest absolute Gasteiger partial charge is 0.334 e. The number of hydrogen-bond donors (Lipinski definition) is 0. The smallest absolute Gasteiger partial charge is 0.294 e. The fourth-order valence-electron chi connectivity index (χ4n) is 3.76. The molecule has 0 spiro atoms. The van der Waals surface area contributed by atoms with Crippen molar-refractivity contribution in [1.82, 2.24) is 14.8 Å². The van der Waals surface area contributed by atoms with Gasteiger partial charge in [0.2, 0.25) is 5.91 Å². The number of halogens is 1. The summed E-state index contributed by atoms with van der Waals surface area (Å²) in [7, 11) is 0. The van der Waals surface area contributed by atoms with Gasteiger partial charge in [-0.3, -0.25) is 24.3 Å². The normalized spacial score (nSPS) is 20.8. The van der Waals surface area contributed by atoms with Crippen molar-refractivity contribution in [3.63, 3.8) is 0 Å². The van der Waals surface area contributed by atoms with E-state index in [0.717, 1.165) is 41.5 Å². The third kappa shape index (κ3) is 4.28. The minimum Gasteiger partial charge on any atom is -0.334 e. The fourth-order valence-corrected chi connectivity index (χ4v) is 4.60. The average Bonchev–Trinajstić information content (AvgIpc) is 3.01. The van der Waals surface area contributed by atoms with Crippen LogP contribution in [0.3, 0.4) is 0 Å². The van der Waals surface area contributed by atoms with Crippen molar-refractivity contribution in [2.75, 3.05) is 13.1 Å². The van der Waals surface area contributed by atoms with Crippen LogP contribution in [-0.4, -0.2) is 44.9 Å². The minimum absolute atomic E-state index is 0.109. The molecule has 3 amide bonds. The maximum absolute atomic E-state index is 13.4. The Bertz CT molecular complexity index is 1010. The highest BCUT2D eigenvalue weighted by Crippen LogP contribution is 2.34. The number of thioether (sulfide) groups is 1. The molecule has 0 aliphatic carbocycles. The molecule has 3 heterocycles. The van der Waals surface area contributed by atoms with Crippen molar-refractivity contribution in [3.05, 3.63) is 70.6 Å². The zero-order chi connectivity index (χ0) is 21.1. The first kappa shape index (κ1) is 20.3. The highest BCUT2D eigenvalue weighted by Gasteiger charge is 2.38.